The van der Waals surface area contributed by atoms with Crippen LogP contribution in [0, 0.1) is 17.8 Å². The van der Waals surface area contributed by atoms with Crippen molar-refractivity contribution in [3.63, 3.8) is 0 Å². The number of methoxy groups -OCH3 is 1. The molecule has 2 aromatic rings. The van der Waals surface area contributed by atoms with Crippen LogP contribution < -0.4 is 10.6 Å². The number of fused-ring (bicyclic) bond motifs is 1. The lowest BCUT2D eigenvalue weighted by Gasteiger charge is -2.33. The molecule has 2 N–H and O–H groups in total. The van der Waals surface area contributed by atoms with Gasteiger partial charge in [-0.05, 0) is 37.2 Å². The molecule has 2 aromatic carbocycles. The van der Waals surface area contributed by atoms with E-state index < -0.39 is 17.5 Å². The first-order chi connectivity index (χ1) is 17.9. The Hall–Kier alpha value is -2.83. The number of carbonyl (C=O) groups is 2. The average Bonchev–Trinajstić information content (AvgIpc) is 3.62. The van der Waals surface area contributed by atoms with Crippen LogP contribution in [0.15, 0.2) is 59.6 Å². The van der Waals surface area contributed by atoms with Crippen LogP contribution in [-0.4, -0.2) is 43.3 Å². The molecular formula is C31H39N3O3. The van der Waals surface area contributed by atoms with Gasteiger partial charge in [0.05, 0.1) is 17.5 Å². The van der Waals surface area contributed by atoms with Gasteiger partial charge in [-0.3, -0.25) is 15.3 Å². The first kappa shape index (κ1) is 25.8. The Morgan fingerprint density at radius 3 is 2.41 bits per heavy atom. The van der Waals surface area contributed by atoms with E-state index in [4.69, 9.17) is 15.5 Å². The van der Waals surface area contributed by atoms with Gasteiger partial charge >= 0.3 is 0 Å². The molecule has 5 rings (SSSR count). The highest BCUT2D eigenvalue weighted by atomic mass is 16.5. The number of likely N-dealkylation sites (N-methyl/N-ethyl adjacent to an activating group) is 1. The molecule has 2 saturated carbocycles. The van der Waals surface area contributed by atoms with Crippen LogP contribution in [0.2, 0.25) is 0 Å². The molecule has 1 amide bonds. The van der Waals surface area contributed by atoms with Gasteiger partial charge in [0.15, 0.2) is 5.78 Å². The number of Topliss-reactive ketones (excluding diaryl/α,β-unsaturated/α-hetero) is 1. The van der Waals surface area contributed by atoms with Crippen LogP contribution in [0.3, 0.4) is 0 Å². The first-order valence-electron chi connectivity index (χ1n) is 13.8. The zero-order valence-corrected chi connectivity index (χ0v) is 22.1. The molecule has 0 saturated heterocycles. The lowest BCUT2D eigenvalue weighted by atomic mass is 9.81. The van der Waals surface area contributed by atoms with Gasteiger partial charge in [-0.25, -0.2) is 4.99 Å². The maximum Gasteiger partial charge on any atom is 0.277 e. The first-order valence-corrected chi connectivity index (χ1v) is 13.8. The summed E-state index contributed by atoms with van der Waals surface area (Å²) in [6.07, 6.45) is 9.58. The van der Waals surface area contributed by atoms with Crippen LogP contribution in [0.5, 0.6) is 0 Å². The predicted octanol–water partition coefficient (Wildman–Crippen LogP) is 5.13. The normalized spacial score (nSPS) is 23.8. The fraction of sp³-hybridized carbons (Fsp3) is 0.516. The fourth-order valence-electron chi connectivity index (χ4n) is 6.20. The molecule has 1 aliphatic heterocycles. The number of aliphatic imine (C=N–C) groups is 1. The minimum Gasteiger partial charge on any atom is -0.381 e. The second-order valence-electron chi connectivity index (χ2n) is 11.1. The van der Waals surface area contributed by atoms with Crippen molar-refractivity contribution in [2.24, 2.45) is 28.5 Å². The predicted molar refractivity (Wildman–Crippen MR) is 147 cm³/mol. The molecular weight excluding hydrogens is 462 g/mol. The fourth-order valence-corrected chi connectivity index (χ4v) is 6.20. The summed E-state index contributed by atoms with van der Waals surface area (Å²) in [4.78, 5) is 34.8. The van der Waals surface area contributed by atoms with Gasteiger partial charge in [-0.1, -0.05) is 87.1 Å². The van der Waals surface area contributed by atoms with Crippen molar-refractivity contribution in [1.29, 1.82) is 0 Å². The molecule has 0 spiro atoms. The van der Waals surface area contributed by atoms with E-state index in [1.165, 1.54) is 30.6 Å². The number of nitrogens with two attached hydrogens (primary N) is 1. The number of nitrogens with zero attached hydrogens (tertiary/aromatic N) is 2. The summed E-state index contributed by atoms with van der Waals surface area (Å²) in [5.41, 5.74) is 7.71. The number of amides is 1. The molecule has 0 aromatic heterocycles. The number of carbonyl (C=O) groups excluding carboxylic acids is 2. The van der Waals surface area contributed by atoms with Gasteiger partial charge in [0.25, 0.3) is 5.91 Å². The summed E-state index contributed by atoms with van der Waals surface area (Å²) in [6.45, 7) is 0. The highest BCUT2D eigenvalue weighted by molar-refractivity contribution is 6.26. The Kier molecular flexibility index (Phi) is 7.59. The maximum absolute atomic E-state index is 14.5. The van der Waals surface area contributed by atoms with E-state index in [-0.39, 0.29) is 11.9 Å². The number of benzene rings is 2. The van der Waals surface area contributed by atoms with E-state index in [1.54, 1.807) is 14.2 Å². The van der Waals surface area contributed by atoms with E-state index in [1.807, 2.05) is 54.6 Å². The SMILES string of the molecule is CO[C@@H](CCC1CCCC1)[C@@H](CC1CC1)C(=O)[C@]1(N)N=C(c2ccccc2)c2ccccc2N(C)C1=O. The summed E-state index contributed by atoms with van der Waals surface area (Å²) >= 11 is 0. The highest BCUT2D eigenvalue weighted by Crippen LogP contribution is 2.41. The average molecular weight is 502 g/mol. The number of hydrogen-bond acceptors (Lipinski definition) is 5. The molecule has 0 unspecified atom stereocenters. The largest absolute Gasteiger partial charge is 0.381 e. The van der Waals surface area contributed by atoms with Crippen molar-refractivity contribution in [3.8, 4) is 0 Å². The van der Waals surface area contributed by atoms with Crippen LogP contribution in [0.1, 0.15) is 68.9 Å². The third-order valence-electron chi connectivity index (χ3n) is 8.57. The van der Waals surface area contributed by atoms with Crippen molar-refractivity contribution < 1.29 is 14.3 Å². The van der Waals surface area contributed by atoms with E-state index in [0.29, 0.717) is 29.7 Å². The molecule has 0 radical (unpaired) electrons. The zero-order valence-electron chi connectivity index (χ0n) is 22.1. The van der Waals surface area contributed by atoms with E-state index in [9.17, 15) is 9.59 Å². The number of hydrogen-bond donors (Lipinski definition) is 1. The molecule has 3 aliphatic rings. The van der Waals surface area contributed by atoms with Crippen molar-refractivity contribution in [1.82, 2.24) is 0 Å². The third-order valence-corrected chi connectivity index (χ3v) is 8.57. The van der Waals surface area contributed by atoms with E-state index in [0.717, 1.165) is 36.8 Å². The maximum atomic E-state index is 14.5. The quantitative estimate of drug-likeness (QED) is 0.458. The van der Waals surface area contributed by atoms with Gasteiger partial charge in [0.2, 0.25) is 5.66 Å². The Morgan fingerprint density at radius 2 is 1.73 bits per heavy atom. The van der Waals surface area contributed by atoms with E-state index in [2.05, 4.69) is 0 Å². The molecule has 0 bridgehead atoms. The third kappa shape index (κ3) is 5.27. The summed E-state index contributed by atoms with van der Waals surface area (Å²) in [5, 5.41) is 0. The zero-order chi connectivity index (χ0) is 26.0. The lowest BCUT2D eigenvalue weighted by Crippen LogP contribution is -2.61. The van der Waals surface area contributed by atoms with Crippen molar-refractivity contribution in [3.05, 3.63) is 65.7 Å². The van der Waals surface area contributed by atoms with Crippen LogP contribution in [-0.2, 0) is 14.3 Å². The number of anilines is 1. The van der Waals surface area contributed by atoms with Crippen LogP contribution in [0.4, 0.5) is 5.69 Å². The molecule has 6 nitrogen and oxygen atoms in total. The number of para-hydroxylation sites is 1. The standard InChI is InChI=1S/C31H39N3O3/c1-34-26-15-9-8-14-24(26)28(23-12-4-3-5-13-23)33-31(32,30(34)36)29(35)25(20-22-16-17-22)27(37-2)19-18-21-10-6-7-11-21/h3-5,8-9,12-15,21-22,25,27H,6-7,10-11,16-20,32H2,1-2H3/t25-,27+,31+/m1/s1. The van der Waals surface area contributed by atoms with Crippen molar-refractivity contribution in [2.75, 3.05) is 19.1 Å². The van der Waals surface area contributed by atoms with Crippen molar-refractivity contribution in [2.45, 2.75) is 69.6 Å². The van der Waals surface area contributed by atoms with Gasteiger partial charge in [0.1, 0.15) is 0 Å². The van der Waals surface area contributed by atoms with Gasteiger partial charge < -0.3 is 9.64 Å². The summed E-state index contributed by atoms with van der Waals surface area (Å²) in [5.74, 6) is -0.111. The van der Waals surface area contributed by atoms with Crippen LogP contribution >= 0.6 is 0 Å². The monoisotopic (exact) mass is 501 g/mol. The molecule has 3 atom stereocenters. The molecule has 6 heteroatoms. The Bertz CT molecular complexity index is 1150. The van der Waals surface area contributed by atoms with Crippen molar-refractivity contribution >= 4 is 23.1 Å². The van der Waals surface area contributed by atoms with Gasteiger partial charge in [-0.15, -0.1) is 0 Å². The summed E-state index contributed by atoms with van der Waals surface area (Å²) in [6, 6.07) is 17.3. The van der Waals surface area contributed by atoms with Crippen LogP contribution in [0.25, 0.3) is 0 Å². The topological polar surface area (TPSA) is 85.0 Å². The minimum absolute atomic E-state index is 0.270. The van der Waals surface area contributed by atoms with Gasteiger partial charge in [0, 0.05) is 31.2 Å². The second-order valence-corrected chi connectivity index (χ2v) is 11.1. The molecule has 37 heavy (non-hydrogen) atoms. The molecule has 1 heterocycles. The van der Waals surface area contributed by atoms with Gasteiger partial charge in [-0.2, -0.15) is 0 Å². The molecule has 2 aliphatic carbocycles. The molecule has 196 valence electrons. The number of ketones is 1. The Morgan fingerprint density at radius 1 is 1.05 bits per heavy atom. The number of ether oxygens (including phenoxy) is 1. The summed E-state index contributed by atoms with van der Waals surface area (Å²) < 4.78 is 5.97. The lowest BCUT2D eigenvalue weighted by molar-refractivity contribution is -0.140. The highest BCUT2D eigenvalue weighted by Gasteiger charge is 2.51. The number of benzodiazepines with no additional fused rings is 1. The number of rotatable bonds is 10. The molecule has 2 fully saturated rings. The second kappa shape index (κ2) is 10.9. The Balaban J connectivity index is 1.54. The summed E-state index contributed by atoms with van der Waals surface area (Å²) in [7, 11) is 3.37. The minimum atomic E-state index is -2.03. The smallest absolute Gasteiger partial charge is 0.277 e. The Labute approximate surface area is 220 Å². The van der Waals surface area contributed by atoms with E-state index >= 15 is 0 Å².